The molecule has 1 aromatic heterocycles. The molecule has 2 aromatic rings. The van der Waals surface area contributed by atoms with Crippen LogP contribution in [0.4, 0.5) is 10.5 Å². The van der Waals surface area contributed by atoms with Crippen molar-refractivity contribution in [1.29, 1.82) is 0 Å². The van der Waals surface area contributed by atoms with E-state index < -0.39 is 56.4 Å². The lowest BCUT2D eigenvalue weighted by molar-refractivity contribution is -0.192. The fraction of sp³-hybridized carbons (Fsp3) is 0.480. The van der Waals surface area contributed by atoms with Crippen molar-refractivity contribution in [3.63, 3.8) is 0 Å². The van der Waals surface area contributed by atoms with Crippen molar-refractivity contribution < 1.29 is 46.7 Å². The van der Waals surface area contributed by atoms with Crippen molar-refractivity contribution in [2.45, 2.75) is 55.6 Å². The number of aryl methyl sites for hydroxylation is 1. The molecule has 4 rings (SSSR count). The number of tetrazole rings is 1. The van der Waals surface area contributed by atoms with Crippen molar-refractivity contribution in [2.24, 2.45) is 0 Å². The fourth-order valence-electron chi connectivity index (χ4n) is 4.48. The number of carboxylic acid groups (broad SMARTS) is 1. The minimum Gasteiger partial charge on any atom is -0.477 e. The second kappa shape index (κ2) is 13.3. The van der Waals surface area contributed by atoms with Crippen LogP contribution in [0.3, 0.4) is 0 Å². The van der Waals surface area contributed by atoms with E-state index in [9.17, 15) is 32.7 Å². The van der Waals surface area contributed by atoms with Crippen LogP contribution < -0.4 is 10.6 Å². The van der Waals surface area contributed by atoms with Gasteiger partial charge in [-0.3, -0.25) is 24.4 Å². The minimum absolute atomic E-state index is 0.0468. The summed E-state index contributed by atoms with van der Waals surface area (Å²) in [5.41, 5.74) is -1.71. The number of methoxy groups -OCH3 is 1. The Hall–Kier alpha value is -3.72. The molecule has 17 nitrogen and oxygen atoms in total. The number of amides is 3. The van der Waals surface area contributed by atoms with Gasteiger partial charge in [-0.25, -0.2) is 14.3 Å². The van der Waals surface area contributed by atoms with E-state index in [1.54, 1.807) is 45.0 Å². The van der Waals surface area contributed by atoms with Crippen molar-refractivity contribution in [3.05, 3.63) is 41.1 Å². The normalized spacial score (nSPS) is 19.9. The molecule has 0 unspecified atom stereocenters. The number of carboxylic acids is 1. The zero-order chi connectivity index (χ0) is 33.2. The van der Waals surface area contributed by atoms with Crippen LogP contribution in [0.2, 0.25) is 0 Å². The SMILES string of the molecule is CO[C@@]1(NC(=O)Cc2ccccc2NC(=O)OC(C)(C)C)C(=O)N2C(C(=O)O)=C(CSc3nnnn3CCS(=O)(=O)O)CS[C@@H]21. The monoisotopic (exact) mass is 685 g/mol. The number of ether oxygens (including phenoxy) is 2. The van der Waals surface area contributed by atoms with Gasteiger partial charge in [-0.2, -0.15) is 8.42 Å². The quantitative estimate of drug-likeness (QED) is 0.105. The average Bonchev–Trinajstić information content (AvgIpc) is 3.40. The zero-order valence-corrected chi connectivity index (χ0v) is 27.0. The van der Waals surface area contributed by atoms with E-state index in [0.29, 0.717) is 16.8 Å². The molecule has 1 fully saturated rings. The van der Waals surface area contributed by atoms with Gasteiger partial charge in [0.15, 0.2) is 0 Å². The summed E-state index contributed by atoms with van der Waals surface area (Å²) < 4.78 is 43.1. The van der Waals surface area contributed by atoms with E-state index in [2.05, 4.69) is 26.2 Å². The van der Waals surface area contributed by atoms with Gasteiger partial charge in [-0.05, 0) is 48.4 Å². The molecule has 0 radical (unpaired) electrons. The van der Waals surface area contributed by atoms with Crippen molar-refractivity contribution >= 4 is 63.2 Å². The topological polar surface area (TPSA) is 232 Å². The van der Waals surface area contributed by atoms with E-state index in [0.717, 1.165) is 21.3 Å². The summed E-state index contributed by atoms with van der Waals surface area (Å²) in [5, 5.41) is 25.5. The van der Waals surface area contributed by atoms with Gasteiger partial charge >= 0.3 is 12.1 Å². The lowest BCUT2D eigenvalue weighted by atomic mass is 9.97. The predicted octanol–water partition coefficient (Wildman–Crippen LogP) is 0.955. The molecule has 3 amide bonds. The smallest absolute Gasteiger partial charge is 0.412 e. The Bertz CT molecular complexity index is 1640. The Balaban J connectivity index is 1.47. The van der Waals surface area contributed by atoms with Crippen LogP contribution in [-0.4, -0.2) is 108 Å². The molecule has 0 saturated carbocycles. The molecule has 2 atom stereocenters. The van der Waals surface area contributed by atoms with Gasteiger partial charge in [0, 0.05) is 24.3 Å². The van der Waals surface area contributed by atoms with Gasteiger partial charge in [0.25, 0.3) is 21.8 Å². The number of aromatic nitrogens is 4. The number of aliphatic carboxylic acids is 1. The number of carbonyl (C=O) groups excluding carboxylic acids is 3. The second-order valence-electron chi connectivity index (χ2n) is 10.8. The predicted molar refractivity (Wildman–Crippen MR) is 161 cm³/mol. The number of anilines is 1. The number of hydrogen-bond acceptors (Lipinski definition) is 13. The van der Waals surface area contributed by atoms with Crippen LogP contribution in [-0.2, 0) is 46.9 Å². The maximum atomic E-state index is 13.5. The van der Waals surface area contributed by atoms with Crippen LogP contribution in [0.25, 0.3) is 0 Å². The molecular weight excluding hydrogens is 655 g/mol. The maximum Gasteiger partial charge on any atom is 0.412 e. The Morgan fingerprint density at radius 1 is 1.24 bits per heavy atom. The Kier molecular flexibility index (Phi) is 10.1. The molecule has 0 bridgehead atoms. The Labute approximate surface area is 266 Å². The first-order valence-electron chi connectivity index (χ1n) is 13.2. The number of benzene rings is 1. The molecule has 244 valence electrons. The molecule has 1 saturated heterocycles. The summed E-state index contributed by atoms with van der Waals surface area (Å²) in [6.07, 6.45) is -0.943. The van der Waals surface area contributed by atoms with E-state index in [1.165, 1.54) is 18.9 Å². The van der Waals surface area contributed by atoms with Crippen LogP contribution in [0, 0.1) is 0 Å². The summed E-state index contributed by atoms with van der Waals surface area (Å²) in [4.78, 5) is 52.4. The second-order valence-corrected chi connectivity index (χ2v) is 14.4. The van der Waals surface area contributed by atoms with Crippen LogP contribution in [0.5, 0.6) is 0 Å². The molecule has 0 aliphatic carbocycles. The van der Waals surface area contributed by atoms with Gasteiger partial charge in [0.2, 0.25) is 11.1 Å². The lowest BCUT2D eigenvalue weighted by Gasteiger charge is -2.55. The van der Waals surface area contributed by atoms with Crippen molar-refractivity contribution in [1.82, 2.24) is 30.4 Å². The van der Waals surface area contributed by atoms with Crippen molar-refractivity contribution in [2.75, 3.05) is 29.7 Å². The van der Waals surface area contributed by atoms with Gasteiger partial charge in [0.1, 0.15) is 16.7 Å². The van der Waals surface area contributed by atoms with Crippen LogP contribution in [0.15, 0.2) is 40.7 Å². The van der Waals surface area contributed by atoms with E-state index in [4.69, 9.17) is 14.0 Å². The largest absolute Gasteiger partial charge is 0.477 e. The van der Waals surface area contributed by atoms with Gasteiger partial charge in [-0.1, -0.05) is 30.0 Å². The highest BCUT2D eigenvalue weighted by atomic mass is 32.2. The third-order valence-corrected chi connectivity index (χ3v) is 9.51. The molecule has 3 heterocycles. The molecule has 0 spiro atoms. The summed E-state index contributed by atoms with van der Waals surface area (Å²) in [6.45, 7) is 4.92. The summed E-state index contributed by atoms with van der Waals surface area (Å²) >= 11 is 2.21. The summed E-state index contributed by atoms with van der Waals surface area (Å²) in [5.74, 6) is -3.18. The summed E-state index contributed by atoms with van der Waals surface area (Å²) in [6, 6.07) is 6.58. The number of nitrogens with one attached hydrogen (secondary N) is 2. The van der Waals surface area contributed by atoms with E-state index in [-0.39, 0.29) is 35.3 Å². The first kappa shape index (κ1) is 34.2. The zero-order valence-electron chi connectivity index (χ0n) is 24.5. The number of carbonyl (C=O) groups is 4. The third kappa shape index (κ3) is 7.93. The lowest BCUT2D eigenvalue weighted by Crippen LogP contribution is -2.80. The molecule has 2 aliphatic heterocycles. The number of nitrogens with zero attached hydrogens (tertiary/aromatic N) is 5. The van der Waals surface area contributed by atoms with E-state index >= 15 is 0 Å². The minimum atomic E-state index is -4.26. The first-order valence-corrected chi connectivity index (χ1v) is 16.9. The molecular formula is C25H31N7O10S3. The molecule has 1 aromatic carbocycles. The highest BCUT2D eigenvalue weighted by Crippen LogP contribution is 2.47. The fourth-order valence-corrected chi connectivity index (χ4v) is 7.37. The Morgan fingerprint density at radius 2 is 1.96 bits per heavy atom. The first-order chi connectivity index (χ1) is 21.0. The number of hydrogen-bond donors (Lipinski definition) is 4. The molecule has 45 heavy (non-hydrogen) atoms. The Morgan fingerprint density at radius 3 is 2.60 bits per heavy atom. The molecule has 20 heteroatoms. The van der Waals surface area contributed by atoms with Crippen molar-refractivity contribution in [3.8, 4) is 0 Å². The van der Waals surface area contributed by atoms with Gasteiger partial charge in [0.05, 0.1) is 18.7 Å². The number of para-hydroxylation sites is 1. The highest BCUT2D eigenvalue weighted by molar-refractivity contribution is 8.01. The molecule has 2 aliphatic rings. The van der Waals surface area contributed by atoms with E-state index in [1.807, 2.05) is 0 Å². The number of β-lactam (4-membered cyclic amide) rings is 1. The molecule has 4 N–H and O–H groups in total. The number of rotatable bonds is 12. The maximum absolute atomic E-state index is 13.5. The summed E-state index contributed by atoms with van der Waals surface area (Å²) in [7, 11) is -3.03. The highest BCUT2D eigenvalue weighted by Gasteiger charge is 2.66. The van der Waals surface area contributed by atoms with Crippen LogP contribution in [0.1, 0.15) is 26.3 Å². The third-order valence-electron chi connectivity index (χ3n) is 6.40. The van der Waals surface area contributed by atoms with Crippen LogP contribution >= 0.6 is 23.5 Å². The average molecular weight is 686 g/mol. The van der Waals surface area contributed by atoms with Gasteiger partial charge < -0.3 is 19.9 Å². The number of thioether (sulfide) groups is 2. The number of fused-ring (bicyclic) bond motifs is 1. The van der Waals surface area contributed by atoms with Gasteiger partial charge in [-0.15, -0.1) is 16.9 Å². The standard InChI is InChI=1S/C25H31N7O10S3/c1-24(2,3)42-23(37)26-16-8-6-5-7-14(16)11-17(33)27-25(41-4)20(36)32-18(19(34)35)15(12-43-21(25)32)13-44-22-28-29-30-31(22)9-10-45(38,39)40/h5-8,21H,9-13H2,1-4H3,(H,26,37)(H,27,33)(H,34,35)(H,38,39,40)/t21-,25+/m1/s1.